The molecule has 7 nitrogen and oxygen atoms in total. The highest BCUT2D eigenvalue weighted by Gasteiger charge is 2.18. The molecule has 0 saturated heterocycles. The van der Waals surface area contributed by atoms with Gasteiger partial charge < -0.3 is 10.6 Å². The molecular weight excluding hydrogens is 387 g/mol. The van der Waals surface area contributed by atoms with E-state index in [9.17, 15) is 18.8 Å². The van der Waals surface area contributed by atoms with Crippen molar-refractivity contribution in [3.8, 4) is 5.69 Å². The molecule has 0 unspecified atom stereocenters. The van der Waals surface area contributed by atoms with Crippen molar-refractivity contribution >= 4 is 17.5 Å². The molecule has 0 bridgehead atoms. The van der Waals surface area contributed by atoms with Crippen molar-refractivity contribution in [2.45, 2.75) is 26.3 Å². The van der Waals surface area contributed by atoms with E-state index in [0.29, 0.717) is 11.4 Å². The van der Waals surface area contributed by atoms with Crippen LogP contribution in [0.2, 0.25) is 0 Å². The summed E-state index contributed by atoms with van der Waals surface area (Å²) in [6.45, 7) is 1.99. The minimum Gasteiger partial charge on any atom is -0.352 e. The number of rotatable bonds is 7. The summed E-state index contributed by atoms with van der Waals surface area (Å²) in [6, 6.07) is 14.9. The van der Waals surface area contributed by atoms with Gasteiger partial charge in [-0.3, -0.25) is 19.1 Å². The van der Waals surface area contributed by atoms with Crippen molar-refractivity contribution in [1.29, 1.82) is 0 Å². The van der Waals surface area contributed by atoms with Crippen LogP contribution < -0.4 is 16.2 Å². The second-order valence-electron chi connectivity index (χ2n) is 6.89. The molecule has 0 aliphatic heterocycles. The second kappa shape index (κ2) is 9.21. The molecule has 0 aliphatic rings. The predicted octanol–water partition coefficient (Wildman–Crippen LogP) is 2.66. The molecule has 2 amide bonds. The molecule has 0 spiro atoms. The standard InChI is InChI=1S/C22H23FN4O3/c1-15-21(22(30)27(26(15)2)18-6-4-3-5-7-18)25-20(29)13-12-19(28)24-14-16-8-10-17(23)11-9-16/h3-11H,12-14H2,1-2H3,(H,24,28)(H,25,29). The quantitative estimate of drug-likeness (QED) is 0.628. The molecule has 1 heterocycles. The Labute approximate surface area is 173 Å². The van der Waals surface area contributed by atoms with Crippen molar-refractivity contribution in [3.63, 3.8) is 0 Å². The van der Waals surface area contributed by atoms with E-state index in [1.54, 1.807) is 42.9 Å². The van der Waals surface area contributed by atoms with Gasteiger partial charge in [-0.05, 0) is 36.8 Å². The first-order valence-electron chi connectivity index (χ1n) is 9.52. The van der Waals surface area contributed by atoms with E-state index in [2.05, 4.69) is 10.6 Å². The summed E-state index contributed by atoms with van der Waals surface area (Å²) in [7, 11) is 1.74. The lowest BCUT2D eigenvalue weighted by atomic mass is 10.2. The van der Waals surface area contributed by atoms with Gasteiger partial charge in [0.25, 0.3) is 5.56 Å². The number of nitrogens with one attached hydrogen (secondary N) is 2. The molecular formula is C22H23FN4O3. The van der Waals surface area contributed by atoms with Gasteiger partial charge in [0, 0.05) is 26.4 Å². The first kappa shape index (κ1) is 21.0. The summed E-state index contributed by atoms with van der Waals surface area (Å²) in [6.07, 6.45) is -0.0832. The SMILES string of the molecule is Cc1c(NC(=O)CCC(=O)NCc2ccc(F)cc2)c(=O)n(-c2ccccc2)n1C. The van der Waals surface area contributed by atoms with Crippen LogP contribution in [0.3, 0.4) is 0 Å². The molecule has 156 valence electrons. The third-order valence-electron chi connectivity index (χ3n) is 4.80. The maximum Gasteiger partial charge on any atom is 0.295 e. The number of benzene rings is 2. The van der Waals surface area contributed by atoms with Gasteiger partial charge in [0.05, 0.1) is 11.4 Å². The average molecular weight is 410 g/mol. The van der Waals surface area contributed by atoms with Crippen LogP contribution in [-0.4, -0.2) is 21.2 Å². The number of hydrogen-bond donors (Lipinski definition) is 2. The van der Waals surface area contributed by atoms with Crippen molar-refractivity contribution in [1.82, 2.24) is 14.7 Å². The lowest BCUT2D eigenvalue weighted by Gasteiger charge is -2.07. The molecule has 0 fully saturated rings. The minimum absolute atomic E-state index is 0.0220. The molecule has 2 N–H and O–H groups in total. The van der Waals surface area contributed by atoms with E-state index in [0.717, 1.165) is 5.56 Å². The van der Waals surface area contributed by atoms with Crippen molar-refractivity contribution in [3.05, 3.63) is 82.0 Å². The predicted molar refractivity (Wildman–Crippen MR) is 112 cm³/mol. The zero-order valence-electron chi connectivity index (χ0n) is 16.8. The van der Waals surface area contributed by atoms with Crippen molar-refractivity contribution in [2.24, 2.45) is 7.05 Å². The van der Waals surface area contributed by atoms with Crippen LogP contribution in [0.5, 0.6) is 0 Å². The Balaban J connectivity index is 1.58. The van der Waals surface area contributed by atoms with Crippen molar-refractivity contribution in [2.75, 3.05) is 5.32 Å². The van der Waals surface area contributed by atoms with Crippen LogP contribution in [0.25, 0.3) is 5.69 Å². The van der Waals surface area contributed by atoms with Gasteiger partial charge in [0.15, 0.2) is 0 Å². The Kier molecular flexibility index (Phi) is 6.46. The van der Waals surface area contributed by atoms with E-state index in [1.807, 2.05) is 18.2 Å². The van der Waals surface area contributed by atoms with Gasteiger partial charge in [-0.15, -0.1) is 0 Å². The fourth-order valence-electron chi connectivity index (χ4n) is 3.03. The number of carbonyl (C=O) groups excluding carboxylic acids is 2. The maximum absolute atomic E-state index is 12.9. The van der Waals surface area contributed by atoms with Gasteiger partial charge in [-0.2, -0.15) is 0 Å². The lowest BCUT2D eigenvalue weighted by Crippen LogP contribution is -2.26. The molecule has 3 rings (SSSR count). The third-order valence-corrected chi connectivity index (χ3v) is 4.80. The number of hydrogen-bond acceptors (Lipinski definition) is 3. The largest absolute Gasteiger partial charge is 0.352 e. The molecule has 1 aromatic heterocycles. The molecule has 2 aromatic carbocycles. The molecule has 0 aliphatic carbocycles. The number of para-hydroxylation sites is 1. The minimum atomic E-state index is -0.419. The molecule has 0 atom stereocenters. The van der Waals surface area contributed by atoms with E-state index in [1.165, 1.54) is 16.8 Å². The Hall–Kier alpha value is -3.68. The van der Waals surface area contributed by atoms with Crippen LogP contribution in [-0.2, 0) is 23.2 Å². The number of aromatic nitrogens is 2. The Morgan fingerprint density at radius 2 is 1.60 bits per heavy atom. The Morgan fingerprint density at radius 1 is 0.967 bits per heavy atom. The van der Waals surface area contributed by atoms with E-state index >= 15 is 0 Å². The molecule has 30 heavy (non-hydrogen) atoms. The topological polar surface area (TPSA) is 85.1 Å². The number of halogens is 1. The smallest absolute Gasteiger partial charge is 0.295 e. The first-order chi connectivity index (χ1) is 14.4. The Morgan fingerprint density at radius 3 is 2.27 bits per heavy atom. The summed E-state index contributed by atoms with van der Waals surface area (Å²) in [5, 5.41) is 5.31. The van der Waals surface area contributed by atoms with E-state index in [-0.39, 0.29) is 42.4 Å². The normalized spacial score (nSPS) is 10.6. The number of carbonyl (C=O) groups is 2. The van der Waals surface area contributed by atoms with Gasteiger partial charge in [-0.25, -0.2) is 9.07 Å². The molecule has 0 radical (unpaired) electrons. The van der Waals surface area contributed by atoms with Gasteiger partial charge in [0.1, 0.15) is 11.5 Å². The summed E-state index contributed by atoms with van der Waals surface area (Å²) >= 11 is 0. The highest BCUT2D eigenvalue weighted by Crippen LogP contribution is 2.14. The maximum atomic E-state index is 12.9. The lowest BCUT2D eigenvalue weighted by molar-refractivity contribution is -0.124. The van der Waals surface area contributed by atoms with Gasteiger partial charge in [0.2, 0.25) is 11.8 Å². The van der Waals surface area contributed by atoms with Crippen LogP contribution in [0, 0.1) is 12.7 Å². The van der Waals surface area contributed by atoms with Crippen LogP contribution in [0.1, 0.15) is 24.1 Å². The first-order valence-corrected chi connectivity index (χ1v) is 9.52. The van der Waals surface area contributed by atoms with Crippen LogP contribution in [0.4, 0.5) is 10.1 Å². The Bertz CT molecular complexity index is 1100. The third kappa shape index (κ3) is 4.83. The zero-order chi connectivity index (χ0) is 21.7. The van der Waals surface area contributed by atoms with E-state index in [4.69, 9.17) is 0 Å². The van der Waals surface area contributed by atoms with Gasteiger partial charge in [-0.1, -0.05) is 30.3 Å². The highest BCUT2D eigenvalue weighted by atomic mass is 19.1. The summed E-state index contributed by atoms with van der Waals surface area (Å²) in [5.74, 6) is -1.07. The number of anilines is 1. The average Bonchev–Trinajstić information content (AvgIpc) is 2.95. The number of nitrogens with zero attached hydrogens (tertiary/aromatic N) is 2. The monoisotopic (exact) mass is 410 g/mol. The highest BCUT2D eigenvalue weighted by molar-refractivity contribution is 5.93. The molecule has 8 heteroatoms. The molecule has 0 saturated carbocycles. The summed E-state index contributed by atoms with van der Waals surface area (Å²) in [4.78, 5) is 37.1. The fourth-order valence-corrected chi connectivity index (χ4v) is 3.03. The summed E-state index contributed by atoms with van der Waals surface area (Å²) in [5.41, 5.74) is 1.91. The fraction of sp³-hybridized carbons (Fsp3) is 0.227. The second-order valence-corrected chi connectivity index (χ2v) is 6.89. The van der Waals surface area contributed by atoms with Gasteiger partial charge >= 0.3 is 0 Å². The van der Waals surface area contributed by atoms with Crippen LogP contribution in [0.15, 0.2) is 59.4 Å². The van der Waals surface area contributed by atoms with Crippen molar-refractivity contribution < 1.29 is 14.0 Å². The van der Waals surface area contributed by atoms with Crippen LogP contribution >= 0.6 is 0 Å². The number of amides is 2. The zero-order valence-corrected chi connectivity index (χ0v) is 16.8. The molecule has 3 aromatic rings. The van der Waals surface area contributed by atoms with E-state index < -0.39 is 5.91 Å². The summed E-state index contributed by atoms with van der Waals surface area (Å²) < 4.78 is 16.0.